The van der Waals surface area contributed by atoms with Crippen LogP contribution in [0.1, 0.15) is 0 Å². The highest BCUT2D eigenvalue weighted by Crippen LogP contribution is 2.60. The molecule has 0 aliphatic rings. The van der Waals surface area contributed by atoms with Gasteiger partial charge in [0.05, 0.1) is 0 Å². The van der Waals surface area contributed by atoms with Crippen molar-refractivity contribution >= 4 is 0 Å². The van der Waals surface area contributed by atoms with Gasteiger partial charge in [-0.3, -0.25) is 0 Å². The molecule has 126 valence electrons. The van der Waals surface area contributed by atoms with Gasteiger partial charge in [-0.2, -0.15) is 52.7 Å². The Labute approximate surface area is 105 Å². The molecule has 0 bridgehead atoms. The van der Waals surface area contributed by atoms with Crippen molar-refractivity contribution in [2.24, 2.45) is 0 Å². The summed E-state index contributed by atoms with van der Waals surface area (Å²) in [5.74, 6) is -20.5. The van der Waals surface area contributed by atoms with Crippen molar-refractivity contribution in [3.8, 4) is 0 Å². The molecule has 0 aliphatic heterocycles. The molecule has 0 aromatic heterocycles. The first kappa shape index (κ1) is 19.8. The summed E-state index contributed by atoms with van der Waals surface area (Å²) < 4.78 is 169. The van der Waals surface area contributed by atoms with E-state index in [0.717, 1.165) is 0 Å². The molecule has 14 heteroatoms. The molecule has 0 nitrogen and oxygen atoms in total. The second-order valence-electron chi connectivity index (χ2n) is 3.38. The zero-order valence-electron chi connectivity index (χ0n) is 8.79. The van der Waals surface area contributed by atoms with Gasteiger partial charge in [-0.15, -0.1) is 0 Å². The Morgan fingerprint density at radius 2 is 0.810 bits per heavy atom. The number of allylic oxidation sites excluding steroid dienone is 1. The van der Waals surface area contributed by atoms with Crippen LogP contribution in [0, 0.1) is 0 Å². The number of hydrogen-bond acceptors (Lipinski definition) is 0. The molecule has 0 spiro atoms. The van der Waals surface area contributed by atoms with Crippen LogP contribution in [-0.2, 0) is 0 Å². The fraction of sp³-hybridized carbons (Fsp3) is 0.714. The van der Waals surface area contributed by atoms with Crippen molar-refractivity contribution in [2.45, 2.75) is 29.9 Å². The predicted octanol–water partition coefficient (Wildman–Crippen LogP) is 5.17. The SMILES string of the molecule is FC(F)=C(F)C(F)(C(F)(F)F)C(F)(F)C(F)(F)C(F)(F)F. The van der Waals surface area contributed by atoms with Crippen molar-refractivity contribution in [1.29, 1.82) is 0 Å². The van der Waals surface area contributed by atoms with Crippen LogP contribution in [0.25, 0.3) is 0 Å². The normalized spacial score (nSPS) is 17.4. The van der Waals surface area contributed by atoms with Gasteiger partial charge in [0.2, 0.25) is 5.83 Å². The summed E-state index contributed by atoms with van der Waals surface area (Å²) in [6.45, 7) is 0. The van der Waals surface area contributed by atoms with Gasteiger partial charge in [-0.05, 0) is 0 Å². The first-order chi connectivity index (χ1) is 8.85. The Morgan fingerprint density at radius 3 is 1.00 bits per heavy atom. The van der Waals surface area contributed by atoms with Crippen LogP contribution in [0.2, 0.25) is 0 Å². The zero-order chi connectivity index (χ0) is 17.7. The van der Waals surface area contributed by atoms with Crippen LogP contribution in [-0.4, -0.2) is 29.9 Å². The van der Waals surface area contributed by atoms with Gasteiger partial charge in [-0.1, -0.05) is 0 Å². The van der Waals surface area contributed by atoms with Gasteiger partial charge < -0.3 is 0 Å². The maximum Gasteiger partial charge on any atom is 0.460 e. The smallest absolute Gasteiger partial charge is 0.218 e. The standard InChI is InChI=1S/C7F14/c8-1(2(9)10)3(11,6(16,17)18)4(12,13)5(14,15)7(19,20)21. The van der Waals surface area contributed by atoms with E-state index >= 15 is 0 Å². The maximum atomic E-state index is 13.0. The van der Waals surface area contributed by atoms with Gasteiger partial charge in [-0.25, -0.2) is 8.78 Å². The summed E-state index contributed by atoms with van der Waals surface area (Å²) >= 11 is 0. The van der Waals surface area contributed by atoms with Crippen LogP contribution >= 0.6 is 0 Å². The summed E-state index contributed by atoms with van der Waals surface area (Å²) in [6, 6.07) is 0. The fourth-order valence-electron chi connectivity index (χ4n) is 0.965. The van der Waals surface area contributed by atoms with E-state index in [2.05, 4.69) is 0 Å². The lowest BCUT2D eigenvalue weighted by Crippen LogP contribution is -2.67. The van der Waals surface area contributed by atoms with E-state index in [4.69, 9.17) is 0 Å². The van der Waals surface area contributed by atoms with Crippen molar-refractivity contribution in [3.63, 3.8) is 0 Å². The van der Waals surface area contributed by atoms with Gasteiger partial charge >= 0.3 is 35.9 Å². The van der Waals surface area contributed by atoms with Crippen LogP contribution in [0.4, 0.5) is 61.5 Å². The van der Waals surface area contributed by atoms with Gasteiger partial charge in [0.25, 0.3) is 0 Å². The highest BCUT2D eigenvalue weighted by Gasteiger charge is 2.88. The van der Waals surface area contributed by atoms with Crippen LogP contribution in [0.5, 0.6) is 0 Å². The molecule has 0 aromatic carbocycles. The van der Waals surface area contributed by atoms with E-state index in [1.54, 1.807) is 0 Å². The minimum atomic E-state index is -7.94. The zero-order valence-corrected chi connectivity index (χ0v) is 8.79. The number of hydrogen-bond donors (Lipinski definition) is 0. The van der Waals surface area contributed by atoms with E-state index in [1.807, 2.05) is 0 Å². The van der Waals surface area contributed by atoms with Crippen molar-refractivity contribution < 1.29 is 61.5 Å². The molecule has 1 atom stereocenters. The molecule has 0 radical (unpaired) electrons. The largest absolute Gasteiger partial charge is 0.460 e. The summed E-state index contributed by atoms with van der Waals surface area (Å²) in [7, 11) is 0. The molecule has 1 unspecified atom stereocenters. The third-order valence-electron chi connectivity index (χ3n) is 2.04. The van der Waals surface area contributed by atoms with Gasteiger partial charge in [0.1, 0.15) is 0 Å². The molecule has 0 amide bonds. The summed E-state index contributed by atoms with van der Waals surface area (Å²) in [5, 5.41) is 0. The Bertz CT molecular complexity index is 420. The topological polar surface area (TPSA) is 0 Å². The average molecular weight is 350 g/mol. The van der Waals surface area contributed by atoms with Gasteiger partial charge in [0, 0.05) is 0 Å². The van der Waals surface area contributed by atoms with Gasteiger partial charge in [0.15, 0.2) is 0 Å². The Hall–Kier alpha value is -1.24. The Balaban J connectivity index is 6.56. The van der Waals surface area contributed by atoms with Crippen LogP contribution in [0.3, 0.4) is 0 Å². The predicted molar refractivity (Wildman–Crippen MR) is 36.2 cm³/mol. The molecule has 0 heterocycles. The maximum absolute atomic E-state index is 13.0. The monoisotopic (exact) mass is 350 g/mol. The number of halogens is 14. The fourth-order valence-corrected chi connectivity index (χ4v) is 0.965. The van der Waals surface area contributed by atoms with E-state index in [1.165, 1.54) is 0 Å². The van der Waals surface area contributed by atoms with Crippen LogP contribution < -0.4 is 0 Å². The molecular formula is C7F14. The minimum absolute atomic E-state index is 4.48. The number of alkyl halides is 11. The average Bonchev–Trinajstić information content (AvgIpc) is 2.22. The lowest BCUT2D eigenvalue weighted by molar-refractivity contribution is -0.406. The Morgan fingerprint density at radius 1 is 0.476 bits per heavy atom. The van der Waals surface area contributed by atoms with E-state index in [9.17, 15) is 61.5 Å². The first-order valence-electron chi connectivity index (χ1n) is 4.15. The third-order valence-corrected chi connectivity index (χ3v) is 2.04. The summed E-state index contributed by atoms with van der Waals surface area (Å²) in [6.07, 6.45) is -19.5. The van der Waals surface area contributed by atoms with Crippen LogP contribution in [0.15, 0.2) is 11.9 Å². The minimum Gasteiger partial charge on any atom is -0.218 e. The highest BCUT2D eigenvalue weighted by molar-refractivity contribution is 5.24. The molecule has 0 saturated heterocycles. The van der Waals surface area contributed by atoms with Crippen molar-refractivity contribution in [3.05, 3.63) is 11.9 Å². The molecule has 0 fully saturated rings. The molecule has 0 N–H and O–H groups in total. The lowest BCUT2D eigenvalue weighted by atomic mass is 9.90. The second-order valence-corrected chi connectivity index (χ2v) is 3.38. The Kier molecular flexibility index (Phi) is 4.61. The molecule has 0 aliphatic carbocycles. The molecule has 0 rings (SSSR count). The molecule has 21 heavy (non-hydrogen) atoms. The molecular weight excluding hydrogens is 350 g/mol. The first-order valence-corrected chi connectivity index (χ1v) is 4.15. The van der Waals surface area contributed by atoms with Crippen molar-refractivity contribution in [2.75, 3.05) is 0 Å². The summed E-state index contributed by atoms with van der Waals surface area (Å²) in [5.41, 5.74) is -7.59. The lowest BCUT2D eigenvalue weighted by Gasteiger charge is -2.37. The van der Waals surface area contributed by atoms with E-state index in [-0.39, 0.29) is 0 Å². The third kappa shape index (κ3) is 2.63. The highest BCUT2D eigenvalue weighted by atomic mass is 19.4. The molecule has 0 saturated carbocycles. The quantitative estimate of drug-likeness (QED) is 0.617. The molecule has 0 aromatic rings. The van der Waals surface area contributed by atoms with E-state index < -0.39 is 41.8 Å². The van der Waals surface area contributed by atoms with E-state index in [0.29, 0.717) is 0 Å². The van der Waals surface area contributed by atoms with Crippen molar-refractivity contribution in [1.82, 2.24) is 0 Å². The second kappa shape index (κ2) is 4.90. The number of rotatable bonds is 3. The summed E-state index contributed by atoms with van der Waals surface area (Å²) in [4.78, 5) is 0.